The van der Waals surface area contributed by atoms with Gasteiger partial charge in [0.1, 0.15) is 5.75 Å². The van der Waals surface area contributed by atoms with Crippen LogP contribution in [-0.4, -0.2) is 16.2 Å². The zero-order valence-electron chi connectivity index (χ0n) is 11.7. The van der Waals surface area contributed by atoms with E-state index in [0.717, 1.165) is 22.3 Å². The van der Waals surface area contributed by atoms with Crippen LogP contribution in [0.3, 0.4) is 0 Å². The molecule has 0 radical (unpaired) electrons. The standard InChI is InChI=1S/C19H14O3/c20-18-11-10-16(12-17(18)14-4-2-1-3-5-14)13-6-8-15(9-7-13)19(21)22/h1-12,20H,(H,21,22). The molecule has 0 aliphatic carbocycles. The number of aromatic carboxylic acids is 1. The van der Waals surface area contributed by atoms with Crippen molar-refractivity contribution in [1.29, 1.82) is 0 Å². The van der Waals surface area contributed by atoms with Crippen LogP contribution in [0, 0.1) is 0 Å². The summed E-state index contributed by atoms with van der Waals surface area (Å²) in [6.07, 6.45) is 0. The van der Waals surface area contributed by atoms with E-state index in [4.69, 9.17) is 5.11 Å². The number of hydrogen-bond acceptors (Lipinski definition) is 2. The predicted molar refractivity (Wildman–Crippen MR) is 85.9 cm³/mol. The van der Waals surface area contributed by atoms with Gasteiger partial charge in [-0.3, -0.25) is 0 Å². The Morgan fingerprint density at radius 3 is 2.00 bits per heavy atom. The summed E-state index contributed by atoms with van der Waals surface area (Å²) in [5, 5.41) is 19.0. The summed E-state index contributed by atoms with van der Waals surface area (Å²) in [5.41, 5.74) is 3.77. The number of hydrogen-bond donors (Lipinski definition) is 2. The molecule has 0 aliphatic rings. The fraction of sp³-hybridized carbons (Fsp3) is 0. The molecule has 3 aromatic rings. The van der Waals surface area contributed by atoms with Crippen molar-refractivity contribution in [2.45, 2.75) is 0 Å². The van der Waals surface area contributed by atoms with E-state index in [1.165, 1.54) is 0 Å². The quantitative estimate of drug-likeness (QED) is 0.750. The molecular weight excluding hydrogens is 276 g/mol. The molecule has 0 fully saturated rings. The van der Waals surface area contributed by atoms with Crippen molar-refractivity contribution in [3.63, 3.8) is 0 Å². The third-order valence-electron chi connectivity index (χ3n) is 3.55. The average molecular weight is 290 g/mol. The summed E-state index contributed by atoms with van der Waals surface area (Å²) >= 11 is 0. The Hall–Kier alpha value is -3.07. The lowest BCUT2D eigenvalue weighted by Crippen LogP contribution is -1.94. The summed E-state index contributed by atoms with van der Waals surface area (Å²) in [6.45, 7) is 0. The van der Waals surface area contributed by atoms with Gasteiger partial charge in [-0.15, -0.1) is 0 Å². The van der Waals surface area contributed by atoms with Crippen LogP contribution in [0.2, 0.25) is 0 Å². The maximum Gasteiger partial charge on any atom is 0.335 e. The Balaban J connectivity index is 2.04. The van der Waals surface area contributed by atoms with Crippen molar-refractivity contribution in [2.75, 3.05) is 0 Å². The van der Waals surface area contributed by atoms with Crippen molar-refractivity contribution in [3.8, 4) is 28.0 Å². The van der Waals surface area contributed by atoms with E-state index in [-0.39, 0.29) is 11.3 Å². The van der Waals surface area contributed by atoms with Gasteiger partial charge in [-0.25, -0.2) is 4.79 Å². The van der Waals surface area contributed by atoms with E-state index >= 15 is 0 Å². The molecule has 22 heavy (non-hydrogen) atoms. The highest BCUT2D eigenvalue weighted by atomic mass is 16.4. The number of rotatable bonds is 3. The Labute approximate surface area is 128 Å². The van der Waals surface area contributed by atoms with Crippen LogP contribution in [0.1, 0.15) is 10.4 Å². The van der Waals surface area contributed by atoms with Crippen LogP contribution in [0.5, 0.6) is 5.75 Å². The Bertz CT molecular complexity index is 806. The van der Waals surface area contributed by atoms with Crippen LogP contribution < -0.4 is 0 Å². The van der Waals surface area contributed by atoms with E-state index in [9.17, 15) is 9.90 Å². The number of carboxylic acids is 1. The minimum atomic E-state index is -0.942. The van der Waals surface area contributed by atoms with E-state index < -0.39 is 5.97 Å². The molecule has 0 unspecified atom stereocenters. The zero-order valence-corrected chi connectivity index (χ0v) is 11.7. The maximum atomic E-state index is 10.9. The molecule has 0 amide bonds. The average Bonchev–Trinajstić information content (AvgIpc) is 2.56. The van der Waals surface area contributed by atoms with Crippen LogP contribution in [0.4, 0.5) is 0 Å². The molecule has 3 aromatic carbocycles. The van der Waals surface area contributed by atoms with Gasteiger partial charge < -0.3 is 10.2 Å². The van der Waals surface area contributed by atoms with Crippen molar-refractivity contribution in [3.05, 3.63) is 78.4 Å². The maximum absolute atomic E-state index is 10.9. The first-order valence-corrected chi connectivity index (χ1v) is 6.87. The molecule has 2 N–H and O–H groups in total. The van der Waals surface area contributed by atoms with E-state index in [1.54, 1.807) is 30.3 Å². The predicted octanol–water partition coefficient (Wildman–Crippen LogP) is 4.42. The van der Waals surface area contributed by atoms with Gasteiger partial charge in [0.15, 0.2) is 0 Å². The van der Waals surface area contributed by atoms with Crippen molar-refractivity contribution in [1.82, 2.24) is 0 Å². The summed E-state index contributed by atoms with van der Waals surface area (Å²) in [6, 6.07) is 21.7. The summed E-state index contributed by atoms with van der Waals surface area (Å²) < 4.78 is 0. The molecule has 3 heteroatoms. The number of carbonyl (C=O) groups is 1. The number of phenolic OH excluding ortho intramolecular Hbond substituents is 1. The van der Waals surface area contributed by atoms with Crippen LogP contribution >= 0.6 is 0 Å². The Morgan fingerprint density at radius 2 is 1.36 bits per heavy atom. The SMILES string of the molecule is O=C(O)c1ccc(-c2ccc(O)c(-c3ccccc3)c2)cc1. The van der Waals surface area contributed by atoms with Gasteiger partial charge in [-0.1, -0.05) is 48.5 Å². The molecule has 0 aromatic heterocycles. The summed E-state index contributed by atoms with van der Waals surface area (Å²) in [4.78, 5) is 10.9. The molecule has 108 valence electrons. The van der Waals surface area contributed by atoms with Gasteiger partial charge >= 0.3 is 5.97 Å². The van der Waals surface area contributed by atoms with E-state index in [2.05, 4.69) is 0 Å². The van der Waals surface area contributed by atoms with Crippen LogP contribution in [0.25, 0.3) is 22.3 Å². The second kappa shape index (κ2) is 5.74. The fourth-order valence-electron chi connectivity index (χ4n) is 2.37. The lowest BCUT2D eigenvalue weighted by atomic mass is 9.97. The van der Waals surface area contributed by atoms with Crippen molar-refractivity contribution >= 4 is 5.97 Å². The number of aromatic hydroxyl groups is 1. The first-order chi connectivity index (χ1) is 10.6. The lowest BCUT2D eigenvalue weighted by Gasteiger charge is -2.09. The summed E-state index contributed by atoms with van der Waals surface area (Å²) in [5.74, 6) is -0.723. The van der Waals surface area contributed by atoms with Gasteiger partial charge in [0, 0.05) is 5.56 Å². The molecule has 3 rings (SSSR count). The second-order valence-corrected chi connectivity index (χ2v) is 4.98. The highest BCUT2D eigenvalue weighted by Crippen LogP contribution is 2.33. The molecule has 0 atom stereocenters. The lowest BCUT2D eigenvalue weighted by molar-refractivity contribution is 0.0697. The number of phenols is 1. The van der Waals surface area contributed by atoms with Gasteiger partial charge in [0.05, 0.1) is 5.56 Å². The highest BCUT2D eigenvalue weighted by molar-refractivity contribution is 5.88. The molecule has 0 bridgehead atoms. The molecule has 0 saturated carbocycles. The Kier molecular flexibility index (Phi) is 3.62. The van der Waals surface area contributed by atoms with Crippen LogP contribution in [-0.2, 0) is 0 Å². The van der Waals surface area contributed by atoms with Crippen LogP contribution in [0.15, 0.2) is 72.8 Å². The van der Waals surface area contributed by atoms with Gasteiger partial charge in [0.25, 0.3) is 0 Å². The number of carboxylic acid groups (broad SMARTS) is 1. The first-order valence-electron chi connectivity index (χ1n) is 6.87. The molecular formula is C19H14O3. The van der Waals surface area contributed by atoms with Gasteiger partial charge in [-0.2, -0.15) is 0 Å². The minimum absolute atomic E-state index is 0.220. The Morgan fingerprint density at radius 1 is 0.727 bits per heavy atom. The molecule has 0 heterocycles. The molecule has 0 spiro atoms. The third kappa shape index (κ3) is 2.69. The van der Waals surface area contributed by atoms with Crippen molar-refractivity contribution in [2.24, 2.45) is 0 Å². The third-order valence-corrected chi connectivity index (χ3v) is 3.55. The largest absolute Gasteiger partial charge is 0.507 e. The first kappa shape index (κ1) is 13.9. The molecule has 0 saturated heterocycles. The topological polar surface area (TPSA) is 57.5 Å². The normalized spacial score (nSPS) is 10.4. The number of benzene rings is 3. The van der Waals surface area contributed by atoms with E-state index in [0.29, 0.717) is 0 Å². The molecule has 3 nitrogen and oxygen atoms in total. The zero-order chi connectivity index (χ0) is 15.5. The van der Waals surface area contributed by atoms with E-state index in [1.807, 2.05) is 42.5 Å². The smallest absolute Gasteiger partial charge is 0.335 e. The van der Waals surface area contributed by atoms with Gasteiger partial charge in [-0.05, 0) is 41.0 Å². The van der Waals surface area contributed by atoms with Gasteiger partial charge in [0.2, 0.25) is 0 Å². The summed E-state index contributed by atoms with van der Waals surface area (Å²) in [7, 11) is 0. The van der Waals surface area contributed by atoms with Crippen molar-refractivity contribution < 1.29 is 15.0 Å². The highest BCUT2D eigenvalue weighted by Gasteiger charge is 2.08. The second-order valence-electron chi connectivity index (χ2n) is 4.98. The minimum Gasteiger partial charge on any atom is -0.507 e. The fourth-order valence-corrected chi connectivity index (χ4v) is 2.37. The molecule has 0 aliphatic heterocycles. The monoisotopic (exact) mass is 290 g/mol.